The van der Waals surface area contributed by atoms with E-state index in [2.05, 4.69) is 129 Å². The van der Waals surface area contributed by atoms with Crippen molar-refractivity contribution in [3.05, 3.63) is 122 Å². The molecule has 0 aromatic rings. The van der Waals surface area contributed by atoms with Gasteiger partial charge in [0.25, 0.3) is 0 Å². The maximum atomic E-state index is 12.5. The summed E-state index contributed by atoms with van der Waals surface area (Å²) < 4.78 is 0. The molecule has 0 fully saturated rings. The number of hydrogen-bond acceptors (Lipinski definition) is 3. The first kappa shape index (κ1) is 72.8. The zero-order chi connectivity index (χ0) is 54.8. The molecule has 0 rings (SSSR count). The molecule has 0 aliphatic rings. The summed E-state index contributed by atoms with van der Waals surface area (Å²) in [5, 5.41) is 23.2. The van der Waals surface area contributed by atoms with Crippen LogP contribution in [-0.4, -0.2) is 34.9 Å². The highest BCUT2D eigenvalue weighted by molar-refractivity contribution is 5.76. The van der Waals surface area contributed by atoms with Crippen LogP contribution in [0.5, 0.6) is 0 Å². The number of allylic oxidation sites excluding steroid dienone is 19. The summed E-state index contributed by atoms with van der Waals surface area (Å²) in [7, 11) is 0. The van der Waals surface area contributed by atoms with Crippen LogP contribution in [0.1, 0.15) is 309 Å². The summed E-state index contributed by atoms with van der Waals surface area (Å²) >= 11 is 0. The maximum Gasteiger partial charge on any atom is 0.220 e. The predicted octanol–water partition coefficient (Wildman–Crippen LogP) is 22.4. The predicted molar refractivity (Wildman–Crippen MR) is 340 cm³/mol. The average molecular weight is 1050 g/mol. The first-order valence-electron chi connectivity index (χ1n) is 32.7. The molecular weight excluding hydrogens is 927 g/mol. The molecule has 0 saturated carbocycles. The highest BCUT2D eigenvalue weighted by atomic mass is 16.3. The lowest BCUT2D eigenvalue weighted by atomic mass is 10.0. The molecule has 0 radical (unpaired) electrons. The fraction of sp³-hybridized carbons (Fsp3) is 0.708. The van der Waals surface area contributed by atoms with Gasteiger partial charge in [0.05, 0.1) is 18.8 Å². The number of unbranched alkanes of at least 4 members (excludes halogenated alkanes) is 34. The monoisotopic (exact) mass is 1050 g/mol. The molecule has 0 heterocycles. The Bertz CT molecular complexity index is 1470. The second kappa shape index (κ2) is 66.1. The number of nitrogens with one attached hydrogen (secondary N) is 1. The van der Waals surface area contributed by atoms with Crippen molar-refractivity contribution in [3.8, 4) is 0 Å². The molecule has 4 heteroatoms. The Morgan fingerprint density at radius 2 is 0.592 bits per heavy atom. The van der Waals surface area contributed by atoms with Gasteiger partial charge in [-0.3, -0.25) is 4.79 Å². The summed E-state index contributed by atoms with van der Waals surface area (Å²) in [6.45, 7) is 4.20. The van der Waals surface area contributed by atoms with Crippen LogP contribution in [-0.2, 0) is 4.79 Å². The molecule has 0 spiro atoms. The van der Waals surface area contributed by atoms with E-state index in [1.807, 2.05) is 6.08 Å². The van der Waals surface area contributed by atoms with Gasteiger partial charge in [-0.1, -0.05) is 328 Å². The van der Waals surface area contributed by atoms with E-state index in [0.717, 1.165) is 83.5 Å². The summed E-state index contributed by atoms with van der Waals surface area (Å²) in [6, 6.07) is -0.649. The van der Waals surface area contributed by atoms with Crippen LogP contribution in [0, 0.1) is 0 Å². The molecule has 436 valence electrons. The number of amides is 1. The number of hydrogen-bond donors (Lipinski definition) is 3. The number of carbonyl (C=O) groups excluding carboxylic acids is 1. The van der Waals surface area contributed by atoms with Crippen molar-refractivity contribution < 1.29 is 15.0 Å². The van der Waals surface area contributed by atoms with Gasteiger partial charge < -0.3 is 15.5 Å². The number of aliphatic hydroxyl groups is 2. The highest BCUT2D eigenvalue weighted by Crippen LogP contribution is 2.17. The van der Waals surface area contributed by atoms with Crippen LogP contribution in [0.15, 0.2) is 122 Å². The molecule has 76 heavy (non-hydrogen) atoms. The van der Waals surface area contributed by atoms with E-state index in [1.54, 1.807) is 6.08 Å². The van der Waals surface area contributed by atoms with Crippen LogP contribution in [0.2, 0.25) is 0 Å². The standard InChI is InChI=1S/C72H125NO3/c1-3-5-7-9-11-13-15-17-19-21-23-25-27-29-31-32-33-34-35-36-37-38-39-40-42-44-46-48-50-52-54-56-58-60-62-64-66-68-72(76)73-70(69-74)71(75)67-65-63-61-59-57-55-53-51-49-47-45-43-41-30-28-26-24-22-20-18-16-14-12-10-8-6-4-2/h5,7,11,13,17,19,23,25,29,31,33-34,36-37,39-40,57,59,65,67,70-71,74-75H,3-4,6,8-10,12,14-16,18,20-22,24,26-28,30,32,35,38,41-56,58,60-64,66,68-69H2,1-2H3,(H,73,76)/b7-5-,13-11-,19-17-,25-23-,31-29-,34-33-,37-36-,40-39-,59-57+,67-65+. The topological polar surface area (TPSA) is 69.6 Å². The minimum atomic E-state index is -0.872. The van der Waals surface area contributed by atoms with E-state index in [-0.39, 0.29) is 12.5 Å². The second-order valence-corrected chi connectivity index (χ2v) is 21.8. The maximum absolute atomic E-state index is 12.5. The number of carbonyl (C=O) groups is 1. The van der Waals surface area contributed by atoms with E-state index < -0.39 is 12.1 Å². The Balaban J connectivity index is 3.57. The van der Waals surface area contributed by atoms with Crippen molar-refractivity contribution in [2.24, 2.45) is 0 Å². The first-order valence-corrected chi connectivity index (χ1v) is 32.7. The average Bonchev–Trinajstić information content (AvgIpc) is 3.42. The lowest BCUT2D eigenvalue weighted by Gasteiger charge is -2.19. The van der Waals surface area contributed by atoms with Gasteiger partial charge in [-0.15, -0.1) is 0 Å². The van der Waals surface area contributed by atoms with E-state index in [4.69, 9.17) is 0 Å². The SMILES string of the molecule is CC/C=C\C/C=C\C/C=C\C/C=C\C/C=C\C/C=C\C/C=C\C/C=C\CCCCCCCCCCCCCCC(=O)NC(CO)C(O)/C=C/CC/C=C/CCCCCCCCCCCCCCCCCCCCCCC. The molecule has 2 atom stereocenters. The molecule has 0 aromatic heterocycles. The molecule has 0 aromatic carbocycles. The second-order valence-electron chi connectivity index (χ2n) is 21.8. The summed E-state index contributed by atoms with van der Waals surface area (Å²) in [6.07, 6.45) is 101. The minimum absolute atomic E-state index is 0.0776. The fourth-order valence-electron chi connectivity index (χ4n) is 9.51. The van der Waals surface area contributed by atoms with E-state index in [9.17, 15) is 15.0 Å². The number of aliphatic hydroxyl groups excluding tert-OH is 2. The van der Waals surface area contributed by atoms with Gasteiger partial charge in [0.1, 0.15) is 0 Å². The third kappa shape index (κ3) is 61.6. The summed E-state index contributed by atoms with van der Waals surface area (Å²) in [5.74, 6) is -0.0776. The molecule has 1 amide bonds. The molecular formula is C72H125NO3. The van der Waals surface area contributed by atoms with Crippen LogP contribution < -0.4 is 5.32 Å². The molecule has 0 saturated heterocycles. The highest BCUT2D eigenvalue weighted by Gasteiger charge is 2.18. The molecule has 0 bridgehead atoms. The van der Waals surface area contributed by atoms with Gasteiger partial charge in [-0.05, 0) is 96.3 Å². The van der Waals surface area contributed by atoms with Gasteiger partial charge in [-0.2, -0.15) is 0 Å². The van der Waals surface area contributed by atoms with E-state index in [0.29, 0.717) is 6.42 Å². The van der Waals surface area contributed by atoms with Crippen LogP contribution >= 0.6 is 0 Å². The van der Waals surface area contributed by atoms with Crippen LogP contribution in [0.4, 0.5) is 0 Å². The lowest BCUT2D eigenvalue weighted by molar-refractivity contribution is -0.123. The number of rotatable bonds is 59. The smallest absolute Gasteiger partial charge is 0.220 e. The lowest BCUT2D eigenvalue weighted by Crippen LogP contribution is -2.45. The largest absolute Gasteiger partial charge is 0.394 e. The summed E-state index contributed by atoms with van der Waals surface area (Å²) in [5.41, 5.74) is 0. The van der Waals surface area contributed by atoms with E-state index in [1.165, 1.54) is 205 Å². The van der Waals surface area contributed by atoms with Crippen LogP contribution in [0.25, 0.3) is 0 Å². The fourth-order valence-corrected chi connectivity index (χ4v) is 9.51. The van der Waals surface area contributed by atoms with Crippen molar-refractivity contribution in [3.63, 3.8) is 0 Å². The molecule has 4 nitrogen and oxygen atoms in total. The summed E-state index contributed by atoms with van der Waals surface area (Å²) in [4.78, 5) is 12.5. The normalized spacial score (nSPS) is 13.6. The van der Waals surface area contributed by atoms with Crippen molar-refractivity contribution in [2.75, 3.05) is 6.61 Å². The first-order chi connectivity index (χ1) is 37.7. The van der Waals surface area contributed by atoms with E-state index >= 15 is 0 Å². The van der Waals surface area contributed by atoms with Gasteiger partial charge in [0.2, 0.25) is 5.91 Å². The zero-order valence-electron chi connectivity index (χ0n) is 50.2. The molecule has 0 aliphatic carbocycles. The van der Waals surface area contributed by atoms with Gasteiger partial charge in [0.15, 0.2) is 0 Å². The Hall–Kier alpha value is -3.21. The molecule has 3 N–H and O–H groups in total. The van der Waals surface area contributed by atoms with Crippen molar-refractivity contribution >= 4 is 5.91 Å². The van der Waals surface area contributed by atoms with Gasteiger partial charge in [0, 0.05) is 6.42 Å². The van der Waals surface area contributed by atoms with Crippen molar-refractivity contribution in [1.29, 1.82) is 0 Å². The quantitative estimate of drug-likeness (QED) is 0.0420. The Labute approximate surface area is 473 Å². The Morgan fingerprint density at radius 1 is 0.329 bits per heavy atom. The Morgan fingerprint density at radius 3 is 0.921 bits per heavy atom. The third-order valence-corrected chi connectivity index (χ3v) is 14.4. The molecule has 0 aliphatic heterocycles. The van der Waals surface area contributed by atoms with Gasteiger partial charge >= 0.3 is 0 Å². The zero-order valence-corrected chi connectivity index (χ0v) is 50.2. The van der Waals surface area contributed by atoms with Crippen molar-refractivity contribution in [2.45, 2.75) is 321 Å². The van der Waals surface area contributed by atoms with Gasteiger partial charge in [-0.25, -0.2) is 0 Å². The minimum Gasteiger partial charge on any atom is -0.394 e. The van der Waals surface area contributed by atoms with Crippen molar-refractivity contribution in [1.82, 2.24) is 5.32 Å². The molecule has 2 unspecified atom stereocenters. The third-order valence-electron chi connectivity index (χ3n) is 14.4. The Kier molecular flexibility index (Phi) is 63.3. The van der Waals surface area contributed by atoms with Crippen LogP contribution in [0.3, 0.4) is 0 Å².